The van der Waals surface area contributed by atoms with Crippen LogP contribution in [0, 0.1) is 0 Å². The molecule has 0 aliphatic rings. The fraction of sp³-hybridized carbons (Fsp3) is 0.652. The molecule has 26 heavy (non-hydrogen) atoms. The molecule has 0 radical (unpaired) electrons. The van der Waals surface area contributed by atoms with Crippen molar-refractivity contribution in [2.24, 2.45) is 0 Å². The first kappa shape index (κ1) is 23.6. The molecule has 0 fully saturated rings. The molecule has 0 aliphatic heterocycles. The van der Waals surface area contributed by atoms with Crippen LogP contribution in [0.2, 0.25) is 13.3 Å². The molecule has 1 rings (SSSR count). The molecule has 1 aromatic rings. The Morgan fingerprint density at radius 2 is 1.38 bits per heavy atom. The van der Waals surface area contributed by atoms with Gasteiger partial charge in [0.1, 0.15) is 0 Å². The number of benzene rings is 1. The minimum atomic E-state index is -2.13. The van der Waals surface area contributed by atoms with Gasteiger partial charge < -0.3 is 0 Å². The predicted octanol–water partition coefficient (Wildman–Crippen LogP) is 7.16. The second-order valence-corrected chi connectivity index (χ2v) is 20.4. The quantitative estimate of drug-likeness (QED) is 0.201. The van der Waals surface area contributed by atoms with Crippen LogP contribution in [0.4, 0.5) is 0 Å². The molecular weight excluding hydrogens is 427 g/mol. The molecule has 0 aliphatic carbocycles. The molecule has 0 saturated heterocycles. The number of methoxy groups -OCH3 is 1. The van der Waals surface area contributed by atoms with Gasteiger partial charge in [-0.05, 0) is 0 Å². The summed E-state index contributed by atoms with van der Waals surface area (Å²) in [5.74, 6) is 0.898. The standard InChI is InChI=1S/C11H13O2.3C4H9.Sn/c1-3-8-13-9-10-4-6-11(12-2)7-5-10;3*1-3-4-2;/h1,3-7H,8-9H2,2H3;3*1,3-4H2,2H3;. The first-order valence-corrected chi connectivity index (χ1v) is 18.3. The molecule has 1 aromatic carbocycles. The summed E-state index contributed by atoms with van der Waals surface area (Å²) in [6, 6.07) is 8.15. The Morgan fingerprint density at radius 1 is 0.846 bits per heavy atom. The van der Waals surface area contributed by atoms with Crippen LogP contribution in [0.15, 0.2) is 34.4 Å². The average molecular weight is 467 g/mol. The third-order valence-electron chi connectivity index (χ3n) is 5.20. The summed E-state index contributed by atoms with van der Waals surface area (Å²) in [4.78, 5) is 0. The fourth-order valence-corrected chi connectivity index (χ4v) is 17.8. The Balaban J connectivity index is 2.56. The van der Waals surface area contributed by atoms with Gasteiger partial charge in [-0.2, -0.15) is 0 Å². The van der Waals surface area contributed by atoms with Crippen molar-refractivity contribution in [2.45, 2.75) is 79.2 Å². The van der Waals surface area contributed by atoms with Gasteiger partial charge in [0.25, 0.3) is 0 Å². The molecule has 0 atom stereocenters. The van der Waals surface area contributed by atoms with E-state index in [1.54, 1.807) is 7.11 Å². The van der Waals surface area contributed by atoms with Crippen LogP contribution in [0.25, 0.3) is 0 Å². The molecule has 2 nitrogen and oxygen atoms in total. The monoisotopic (exact) mass is 468 g/mol. The summed E-state index contributed by atoms with van der Waals surface area (Å²) in [7, 11) is 1.70. The Hall–Kier alpha value is -0.481. The van der Waals surface area contributed by atoms with E-state index in [2.05, 4.69) is 43.1 Å². The van der Waals surface area contributed by atoms with Crippen LogP contribution in [0.3, 0.4) is 0 Å². The Labute approximate surface area is 166 Å². The van der Waals surface area contributed by atoms with E-state index in [-0.39, 0.29) is 0 Å². The van der Waals surface area contributed by atoms with Crippen molar-refractivity contribution < 1.29 is 9.47 Å². The average Bonchev–Trinajstić information content (AvgIpc) is 2.69. The molecule has 3 heteroatoms. The van der Waals surface area contributed by atoms with Gasteiger partial charge in [-0.25, -0.2) is 0 Å². The first-order chi connectivity index (χ1) is 12.7. The molecule has 0 bridgehead atoms. The van der Waals surface area contributed by atoms with Crippen LogP contribution in [-0.2, 0) is 11.3 Å². The Morgan fingerprint density at radius 3 is 1.85 bits per heavy atom. The van der Waals surface area contributed by atoms with Gasteiger partial charge in [0.2, 0.25) is 0 Å². The molecule has 0 heterocycles. The zero-order valence-corrected chi connectivity index (χ0v) is 20.4. The maximum atomic E-state index is 5.91. The fourth-order valence-electron chi connectivity index (χ4n) is 3.48. The van der Waals surface area contributed by atoms with Crippen LogP contribution >= 0.6 is 0 Å². The van der Waals surface area contributed by atoms with Crippen LogP contribution in [-0.4, -0.2) is 32.1 Å². The summed E-state index contributed by atoms with van der Waals surface area (Å²) >= 11 is -2.13. The van der Waals surface area contributed by atoms with Crippen LogP contribution in [0.5, 0.6) is 5.75 Å². The second kappa shape index (κ2) is 14.6. The van der Waals surface area contributed by atoms with Crippen molar-refractivity contribution in [3.8, 4) is 5.75 Å². The summed E-state index contributed by atoms with van der Waals surface area (Å²) in [6.45, 7) is 8.42. The first-order valence-electron chi connectivity index (χ1n) is 10.6. The van der Waals surface area contributed by atoms with E-state index in [9.17, 15) is 0 Å². The molecule has 0 N–H and O–H groups in total. The third kappa shape index (κ3) is 9.45. The van der Waals surface area contributed by atoms with Crippen molar-refractivity contribution in [1.29, 1.82) is 0 Å². The van der Waals surface area contributed by atoms with Gasteiger partial charge in [0.05, 0.1) is 0 Å². The normalized spacial score (nSPS) is 12.0. The summed E-state index contributed by atoms with van der Waals surface area (Å²) in [6.07, 6.45) is 10.6. The van der Waals surface area contributed by atoms with Gasteiger partial charge in [-0.3, -0.25) is 0 Å². The summed E-state index contributed by atoms with van der Waals surface area (Å²) < 4.78 is 18.4. The topological polar surface area (TPSA) is 18.5 Å². The number of hydrogen-bond donors (Lipinski definition) is 0. The van der Waals surface area contributed by atoms with Crippen molar-refractivity contribution in [3.63, 3.8) is 0 Å². The maximum absolute atomic E-state index is 5.91. The van der Waals surface area contributed by atoms with Gasteiger partial charge in [-0.1, -0.05) is 0 Å². The molecule has 0 saturated carbocycles. The molecular formula is C23H40O2Sn. The SMILES string of the molecule is CCC[CH2][Sn](/[CH]=C/COCc1ccc(OC)cc1)([CH2]CCC)[CH2]CCC. The minimum absolute atomic E-state index is 0.676. The van der Waals surface area contributed by atoms with Gasteiger partial charge in [0, 0.05) is 0 Å². The van der Waals surface area contributed by atoms with Crippen molar-refractivity contribution >= 4 is 18.4 Å². The van der Waals surface area contributed by atoms with Crippen LogP contribution < -0.4 is 4.74 Å². The summed E-state index contributed by atoms with van der Waals surface area (Å²) in [5, 5.41) is 0. The van der Waals surface area contributed by atoms with E-state index in [0.717, 1.165) is 12.4 Å². The van der Waals surface area contributed by atoms with E-state index in [1.165, 1.54) is 57.4 Å². The van der Waals surface area contributed by atoms with Crippen molar-refractivity contribution in [2.75, 3.05) is 13.7 Å². The predicted molar refractivity (Wildman–Crippen MR) is 117 cm³/mol. The van der Waals surface area contributed by atoms with E-state index in [1.807, 2.05) is 12.1 Å². The molecule has 0 unspecified atom stereocenters. The van der Waals surface area contributed by atoms with E-state index in [4.69, 9.17) is 9.47 Å². The molecule has 0 amide bonds. The van der Waals surface area contributed by atoms with Gasteiger partial charge >= 0.3 is 167 Å². The second-order valence-electron chi connectivity index (χ2n) is 7.44. The third-order valence-corrected chi connectivity index (χ3v) is 19.4. The zero-order valence-electron chi connectivity index (χ0n) is 17.6. The summed E-state index contributed by atoms with van der Waals surface area (Å²) in [5.41, 5.74) is 1.21. The van der Waals surface area contributed by atoms with Crippen molar-refractivity contribution in [1.82, 2.24) is 0 Å². The Bertz CT molecular complexity index is 460. The zero-order chi connectivity index (χ0) is 19.1. The number of unbranched alkanes of at least 4 members (excludes halogenated alkanes) is 3. The Kier molecular flexibility index (Phi) is 13.2. The van der Waals surface area contributed by atoms with Crippen molar-refractivity contribution in [3.05, 3.63) is 40.0 Å². The van der Waals surface area contributed by atoms with Gasteiger partial charge in [0.15, 0.2) is 0 Å². The van der Waals surface area contributed by atoms with E-state index >= 15 is 0 Å². The van der Waals surface area contributed by atoms with Gasteiger partial charge in [-0.15, -0.1) is 0 Å². The van der Waals surface area contributed by atoms with Crippen LogP contribution in [0.1, 0.15) is 64.9 Å². The number of ether oxygens (including phenoxy) is 2. The molecule has 0 aromatic heterocycles. The van der Waals surface area contributed by atoms with E-state index in [0.29, 0.717) is 6.61 Å². The molecule has 0 spiro atoms. The number of hydrogen-bond acceptors (Lipinski definition) is 2. The molecule has 148 valence electrons. The van der Waals surface area contributed by atoms with E-state index < -0.39 is 18.4 Å². The number of rotatable bonds is 15.